The third-order valence-corrected chi connectivity index (χ3v) is 6.16. The topological polar surface area (TPSA) is 58.2 Å². The number of ether oxygens (including phenoxy) is 1. The summed E-state index contributed by atoms with van der Waals surface area (Å²) in [6.45, 7) is 4.39. The van der Waals surface area contributed by atoms with Gasteiger partial charge in [-0.3, -0.25) is 4.98 Å². The zero-order valence-electron chi connectivity index (χ0n) is 19.5. The van der Waals surface area contributed by atoms with Gasteiger partial charge in [0.15, 0.2) is 0 Å². The Balaban J connectivity index is 2.04. The SMILES string of the molecule is COC(=O)c1cccc2[nH]c(C(C(C)C)N(C)C)c(-c3cncc(-c4cccc(Cl)c4)c3)c12. The first-order valence-corrected chi connectivity index (χ1v) is 11.3. The van der Waals surface area contributed by atoms with Crippen LogP contribution in [-0.4, -0.2) is 42.0 Å². The zero-order valence-corrected chi connectivity index (χ0v) is 20.3. The Morgan fingerprint density at radius 2 is 1.76 bits per heavy atom. The van der Waals surface area contributed by atoms with Crippen LogP contribution in [0.15, 0.2) is 60.9 Å². The number of pyridine rings is 1. The molecule has 33 heavy (non-hydrogen) atoms. The van der Waals surface area contributed by atoms with Crippen molar-refractivity contribution in [3.63, 3.8) is 0 Å². The fourth-order valence-corrected chi connectivity index (χ4v) is 4.85. The van der Waals surface area contributed by atoms with Crippen LogP contribution >= 0.6 is 11.6 Å². The third-order valence-electron chi connectivity index (χ3n) is 5.93. The van der Waals surface area contributed by atoms with Crippen molar-refractivity contribution in [3.05, 3.63) is 77.2 Å². The number of nitrogens with zero attached hydrogens (tertiary/aromatic N) is 2. The molecule has 0 saturated heterocycles. The van der Waals surface area contributed by atoms with Gasteiger partial charge in [-0.1, -0.05) is 43.6 Å². The molecule has 0 fully saturated rings. The number of methoxy groups -OCH3 is 1. The molecule has 1 unspecified atom stereocenters. The average Bonchev–Trinajstić information content (AvgIpc) is 3.17. The molecule has 0 bridgehead atoms. The van der Waals surface area contributed by atoms with E-state index in [9.17, 15) is 4.79 Å². The first kappa shape index (κ1) is 23.0. The highest BCUT2D eigenvalue weighted by Crippen LogP contribution is 2.41. The normalized spacial score (nSPS) is 12.5. The predicted octanol–water partition coefficient (Wildman–Crippen LogP) is 6.60. The van der Waals surface area contributed by atoms with E-state index in [1.807, 2.05) is 54.9 Å². The molecule has 6 heteroatoms. The van der Waals surface area contributed by atoms with Gasteiger partial charge in [0.05, 0.1) is 18.7 Å². The molecule has 2 heterocycles. The highest BCUT2D eigenvalue weighted by atomic mass is 35.5. The van der Waals surface area contributed by atoms with Gasteiger partial charge in [0.1, 0.15) is 0 Å². The molecule has 0 aliphatic rings. The molecule has 2 aromatic carbocycles. The standard InChI is InChI=1S/C27H28ClN3O2/c1-16(2)26(31(3)4)25-23(24-21(27(32)33-5)10-7-11-22(24)30-25)19-12-18(14-29-15-19)17-8-6-9-20(28)13-17/h6-16,26,30H,1-5H3. The molecule has 0 aliphatic carbocycles. The van der Waals surface area contributed by atoms with Crippen LogP contribution in [0.4, 0.5) is 0 Å². The number of fused-ring (bicyclic) bond motifs is 1. The van der Waals surface area contributed by atoms with Crippen LogP contribution in [0.1, 0.15) is 35.9 Å². The number of nitrogens with one attached hydrogen (secondary N) is 1. The van der Waals surface area contributed by atoms with E-state index in [4.69, 9.17) is 16.3 Å². The van der Waals surface area contributed by atoms with Crippen LogP contribution < -0.4 is 0 Å². The molecule has 0 amide bonds. The van der Waals surface area contributed by atoms with Crippen LogP contribution in [0.5, 0.6) is 0 Å². The second kappa shape index (κ2) is 9.38. The molecule has 4 aromatic rings. The van der Waals surface area contributed by atoms with Crippen molar-refractivity contribution >= 4 is 28.5 Å². The summed E-state index contributed by atoms with van der Waals surface area (Å²) in [5, 5.41) is 1.52. The molecule has 2 aromatic heterocycles. The summed E-state index contributed by atoms with van der Waals surface area (Å²) in [4.78, 5) is 23.1. The highest BCUT2D eigenvalue weighted by molar-refractivity contribution is 6.30. The van der Waals surface area contributed by atoms with Crippen molar-refractivity contribution in [2.45, 2.75) is 19.9 Å². The zero-order chi connectivity index (χ0) is 23.7. The lowest BCUT2D eigenvalue weighted by Crippen LogP contribution is -2.25. The van der Waals surface area contributed by atoms with Gasteiger partial charge in [-0.2, -0.15) is 0 Å². The largest absolute Gasteiger partial charge is 0.465 e. The molecule has 0 spiro atoms. The maximum Gasteiger partial charge on any atom is 0.338 e. The molecule has 5 nitrogen and oxygen atoms in total. The lowest BCUT2D eigenvalue weighted by atomic mass is 9.91. The summed E-state index contributed by atoms with van der Waals surface area (Å²) in [5.41, 5.74) is 6.31. The van der Waals surface area contributed by atoms with E-state index in [0.717, 1.165) is 38.9 Å². The maximum atomic E-state index is 12.7. The van der Waals surface area contributed by atoms with Gasteiger partial charge in [-0.15, -0.1) is 0 Å². The summed E-state index contributed by atoms with van der Waals surface area (Å²) < 4.78 is 5.11. The smallest absolute Gasteiger partial charge is 0.338 e. The molecule has 0 aliphatic heterocycles. The van der Waals surface area contributed by atoms with Crippen molar-refractivity contribution in [2.75, 3.05) is 21.2 Å². The first-order chi connectivity index (χ1) is 15.8. The number of carbonyl (C=O) groups is 1. The number of benzene rings is 2. The number of halogens is 1. The molecule has 1 N–H and O–H groups in total. The van der Waals surface area contributed by atoms with Gasteiger partial charge < -0.3 is 14.6 Å². The van der Waals surface area contributed by atoms with Crippen molar-refractivity contribution in [1.29, 1.82) is 0 Å². The summed E-state index contributed by atoms with van der Waals surface area (Å²) in [7, 11) is 5.55. The van der Waals surface area contributed by atoms with Gasteiger partial charge >= 0.3 is 5.97 Å². The fourth-order valence-electron chi connectivity index (χ4n) is 4.66. The van der Waals surface area contributed by atoms with E-state index in [0.29, 0.717) is 16.5 Å². The van der Waals surface area contributed by atoms with Crippen molar-refractivity contribution in [2.24, 2.45) is 5.92 Å². The lowest BCUT2D eigenvalue weighted by molar-refractivity contribution is 0.0603. The Bertz CT molecular complexity index is 1300. The van der Waals surface area contributed by atoms with Crippen molar-refractivity contribution < 1.29 is 9.53 Å². The van der Waals surface area contributed by atoms with Crippen LogP contribution in [0.3, 0.4) is 0 Å². The third kappa shape index (κ3) is 4.39. The first-order valence-electron chi connectivity index (χ1n) is 10.9. The van der Waals surface area contributed by atoms with Gasteiger partial charge in [-0.25, -0.2) is 4.79 Å². The molecule has 0 saturated carbocycles. The van der Waals surface area contributed by atoms with E-state index in [1.54, 1.807) is 0 Å². The minimum Gasteiger partial charge on any atom is -0.465 e. The number of carbonyl (C=O) groups excluding carboxylic acids is 1. The molecule has 4 rings (SSSR count). The monoisotopic (exact) mass is 461 g/mol. The van der Waals surface area contributed by atoms with Gasteiger partial charge in [0, 0.05) is 50.7 Å². The van der Waals surface area contributed by atoms with E-state index >= 15 is 0 Å². The summed E-state index contributed by atoms with van der Waals surface area (Å²) in [6.07, 6.45) is 3.68. The summed E-state index contributed by atoms with van der Waals surface area (Å²) >= 11 is 6.24. The summed E-state index contributed by atoms with van der Waals surface area (Å²) in [5.74, 6) is -0.0326. The number of aromatic nitrogens is 2. The summed E-state index contributed by atoms with van der Waals surface area (Å²) in [6, 6.07) is 15.6. The minimum absolute atomic E-state index is 0.104. The van der Waals surface area contributed by atoms with Gasteiger partial charge in [0.25, 0.3) is 0 Å². The molecular weight excluding hydrogens is 434 g/mol. The molecule has 170 valence electrons. The Morgan fingerprint density at radius 1 is 1.03 bits per heavy atom. The Hall–Kier alpha value is -3.15. The number of hydrogen-bond acceptors (Lipinski definition) is 4. The van der Waals surface area contributed by atoms with Crippen LogP contribution in [0, 0.1) is 5.92 Å². The van der Waals surface area contributed by atoms with Crippen LogP contribution in [0.25, 0.3) is 33.2 Å². The molecular formula is C27H28ClN3O2. The van der Waals surface area contributed by atoms with Gasteiger partial charge in [-0.05, 0) is 55.9 Å². The maximum absolute atomic E-state index is 12.7. The van der Waals surface area contributed by atoms with Crippen LogP contribution in [0.2, 0.25) is 5.02 Å². The number of rotatable bonds is 6. The Morgan fingerprint density at radius 3 is 2.42 bits per heavy atom. The molecule has 0 radical (unpaired) electrons. The number of aromatic amines is 1. The van der Waals surface area contributed by atoms with E-state index in [-0.39, 0.29) is 12.0 Å². The average molecular weight is 462 g/mol. The highest BCUT2D eigenvalue weighted by Gasteiger charge is 2.28. The van der Waals surface area contributed by atoms with E-state index in [1.165, 1.54) is 7.11 Å². The number of esters is 1. The second-order valence-corrected chi connectivity index (χ2v) is 9.19. The second-order valence-electron chi connectivity index (χ2n) is 8.76. The lowest BCUT2D eigenvalue weighted by Gasteiger charge is -2.28. The Labute approximate surface area is 199 Å². The van der Waals surface area contributed by atoms with Crippen molar-refractivity contribution in [3.8, 4) is 22.3 Å². The predicted molar refractivity (Wildman–Crippen MR) is 135 cm³/mol. The van der Waals surface area contributed by atoms with E-state index in [2.05, 4.69) is 48.9 Å². The van der Waals surface area contributed by atoms with Crippen LogP contribution in [-0.2, 0) is 4.74 Å². The van der Waals surface area contributed by atoms with Crippen molar-refractivity contribution in [1.82, 2.24) is 14.9 Å². The molecule has 1 atom stereocenters. The quantitative estimate of drug-likeness (QED) is 0.329. The Kier molecular flexibility index (Phi) is 6.54. The van der Waals surface area contributed by atoms with E-state index < -0.39 is 0 Å². The minimum atomic E-state index is -0.364. The fraction of sp³-hybridized carbons (Fsp3) is 0.259. The number of hydrogen-bond donors (Lipinski definition) is 1. The number of H-pyrrole nitrogens is 1. The van der Waals surface area contributed by atoms with Gasteiger partial charge in [0.2, 0.25) is 0 Å².